The van der Waals surface area contributed by atoms with E-state index in [1.165, 1.54) is 24.2 Å². The fourth-order valence-corrected chi connectivity index (χ4v) is 4.65. The van der Waals surface area contributed by atoms with Gasteiger partial charge in [0, 0.05) is 31.1 Å². The van der Waals surface area contributed by atoms with Crippen LogP contribution < -0.4 is 10.6 Å². The summed E-state index contributed by atoms with van der Waals surface area (Å²) in [6.45, 7) is 6.31. The molecule has 1 aromatic heterocycles. The van der Waals surface area contributed by atoms with Crippen LogP contribution in [0, 0.1) is 6.92 Å². The molecule has 0 spiro atoms. The van der Waals surface area contributed by atoms with Crippen molar-refractivity contribution in [1.82, 2.24) is 20.4 Å². The van der Waals surface area contributed by atoms with Crippen molar-refractivity contribution >= 4 is 17.7 Å². The number of nitrogens with one attached hydrogen (secondary N) is 2. The summed E-state index contributed by atoms with van der Waals surface area (Å²) < 4.78 is 2.32. The molecule has 3 rings (SSSR count). The minimum Gasteiger partial charge on any atom is -0.356 e. The molecule has 1 atom stereocenters. The van der Waals surface area contributed by atoms with Crippen molar-refractivity contribution in [2.75, 3.05) is 25.9 Å². The van der Waals surface area contributed by atoms with Crippen LogP contribution in [-0.2, 0) is 6.42 Å². The number of aryl methyl sites for hydroxylation is 2. The lowest BCUT2D eigenvalue weighted by Gasteiger charge is -2.24. The van der Waals surface area contributed by atoms with Crippen molar-refractivity contribution in [3.8, 4) is 5.69 Å². The summed E-state index contributed by atoms with van der Waals surface area (Å²) in [5.41, 5.74) is 3.51. The Morgan fingerprint density at radius 1 is 1.30 bits per heavy atom. The average molecular weight is 386 g/mol. The lowest BCUT2D eigenvalue weighted by Crippen LogP contribution is -2.43. The minimum atomic E-state index is 0.348. The molecule has 0 aliphatic carbocycles. The Labute approximate surface area is 167 Å². The minimum absolute atomic E-state index is 0.348. The summed E-state index contributed by atoms with van der Waals surface area (Å²) in [6, 6.07) is 10.3. The highest BCUT2D eigenvalue weighted by Gasteiger charge is 2.29. The van der Waals surface area contributed by atoms with E-state index in [1.54, 1.807) is 0 Å². The topological polar surface area (TPSA) is 54.2 Å². The third kappa shape index (κ3) is 5.51. The number of hydrogen-bond acceptors (Lipinski definition) is 3. The van der Waals surface area contributed by atoms with E-state index in [1.807, 2.05) is 29.9 Å². The van der Waals surface area contributed by atoms with Gasteiger partial charge in [0.1, 0.15) is 0 Å². The van der Waals surface area contributed by atoms with E-state index in [0.717, 1.165) is 43.3 Å². The number of benzene rings is 1. The molecule has 0 amide bonds. The van der Waals surface area contributed by atoms with Crippen LogP contribution in [0.3, 0.4) is 0 Å². The fourth-order valence-electron chi connectivity index (χ4n) is 3.41. The predicted molar refractivity (Wildman–Crippen MR) is 116 cm³/mol. The number of aromatic nitrogens is 2. The Bertz CT molecular complexity index is 747. The molecule has 1 unspecified atom stereocenters. The monoisotopic (exact) mass is 385 g/mol. The van der Waals surface area contributed by atoms with E-state index < -0.39 is 0 Å². The molecular formula is C21H31N5S. The van der Waals surface area contributed by atoms with Crippen LogP contribution in [0.4, 0.5) is 0 Å². The summed E-state index contributed by atoms with van der Waals surface area (Å²) in [6.07, 6.45) is 6.82. The zero-order chi connectivity index (χ0) is 19.1. The molecule has 0 saturated carbocycles. The summed E-state index contributed by atoms with van der Waals surface area (Å²) in [5.74, 6) is 2.18. The number of thioether (sulfide) groups is 1. The van der Waals surface area contributed by atoms with Crippen molar-refractivity contribution in [2.24, 2.45) is 4.99 Å². The molecule has 27 heavy (non-hydrogen) atoms. The molecule has 0 radical (unpaired) electrons. The Morgan fingerprint density at radius 3 is 2.81 bits per heavy atom. The van der Waals surface area contributed by atoms with Gasteiger partial charge in [0.2, 0.25) is 0 Å². The van der Waals surface area contributed by atoms with Gasteiger partial charge in [-0.2, -0.15) is 16.9 Å². The predicted octanol–water partition coefficient (Wildman–Crippen LogP) is 3.56. The van der Waals surface area contributed by atoms with Crippen LogP contribution >= 0.6 is 11.8 Å². The van der Waals surface area contributed by atoms with Crippen LogP contribution in [0.25, 0.3) is 5.69 Å². The number of hydrogen-bond donors (Lipinski definition) is 2. The van der Waals surface area contributed by atoms with Crippen LogP contribution in [0.5, 0.6) is 0 Å². The largest absolute Gasteiger partial charge is 0.356 e. The van der Waals surface area contributed by atoms with Gasteiger partial charge in [-0.3, -0.25) is 4.99 Å². The Kier molecular flexibility index (Phi) is 6.83. The molecule has 1 saturated heterocycles. The highest BCUT2D eigenvalue weighted by Crippen LogP contribution is 2.36. The number of aliphatic imine (C=N–C) groups is 1. The molecule has 1 aliphatic heterocycles. The summed E-state index contributed by atoms with van der Waals surface area (Å²) in [7, 11) is 1.84. The molecular weight excluding hydrogens is 354 g/mol. The zero-order valence-electron chi connectivity index (χ0n) is 16.7. The van der Waals surface area contributed by atoms with E-state index >= 15 is 0 Å². The van der Waals surface area contributed by atoms with Crippen LogP contribution in [0.2, 0.25) is 0 Å². The maximum atomic E-state index is 4.65. The molecule has 6 heteroatoms. The van der Waals surface area contributed by atoms with Gasteiger partial charge in [-0.05, 0) is 63.0 Å². The fraction of sp³-hybridized carbons (Fsp3) is 0.524. The number of para-hydroxylation sites is 1. The van der Waals surface area contributed by atoms with E-state index in [2.05, 4.69) is 64.7 Å². The third-order valence-corrected chi connectivity index (χ3v) is 6.63. The smallest absolute Gasteiger partial charge is 0.191 e. The SMILES string of the molecule is CN=C(NCCCc1cn(-c2ccccc2)nc1C)NCC1(C)CCCS1. The number of nitrogens with zero attached hydrogens (tertiary/aromatic N) is 3. The highest BCUT2D eigenvalue weighted by molar-refractivity contribution is 8.00. The molecule has 1 aliphatic rings. The first-order chi connectivity index (χ1) is 13.1. The Hall–Kier alpha value is -1.95. The highest BCUT2D eigenvalue weighted by atomic mass is 32.2. The normalized spacial score (nSPS) is 20.0. The van der Waals surface area contributed by atoms with E-state index in [4.69, 9.17) is 0 Å². The van der Waals surface area contributed by atoms with Gasteiger partial charge < -0.3 is 10.6 Å². The molecule has 146 valence electrons. The van der Waals surface area contributed by atoms with E-state index in [-0.39, 0.29) is 0 Å². The Balaban J connectivity index is 1.43. The second-order valence-electron chi connectivity index (χ2n) is 7.38. The molecule has 1 aromatic carbocycles. The first-order valence-corrected chi connectivity index (χ1v) is 10.8. The summed E-state index contributed by atoms with van der Waals surface area (Å²) >= 11 is 2.07. The van der Waals surface area contributed by atoms with E-state index in [0.29, 0.717) is 4.75 Å². The van der Waals surface area contributed by atoms with Gasteiger partial charge in [-0.25, -0.2) is 4.68 Å². The quantitative estimate of drug-likeness (QED) is 0.435. The maximum Gasteiger partial charge on any atom is 0.191 e. The van der Waals surface area contributed by atoms with Crippen molar-refractivity contribution < 1.29 is 0 Å². The standard InChI is InChI=1S/C21H31N5S/c1-17-18(15-26(25-17)19-10-5-4-6-11-19)9-7-13-23-20(22-3)24-16-21(2)12-8-14-27-21/h4-6,10-11,15H,7-9,12-14,16H2,1-3H3,(H2,22,23,24). The van der Waals surface area contributed by atoms with Gasteiger partial charge in [-0.1, -0.05) is 18.2 Å². The zero-order valence-corrected chi connectivity index (χ0v) is 17.5. The first kappa shape index (κ1) is 19.8. The van der Waals surface area contributed by atoms with Gasteiger partial charge in [0.05, 0.1) is 11.4 Å². The number of rotatable bonds is 7. The van der Waals surface area contributed by atoms with Crippen LogP contribution in [0.1, 0.15) is 37.4 Å². The third-order valence-electron chi connectivity index (χ3n) is 5.09. The summed E-state index contributed by atoms with van der Waals surface area (Å²) in [4.78, 5) is 4.35. The molecule has 2 heterocycles. The van der Waals surface area contributed by atoms with Gasteiger partial charge >= 0.3 is 0 Å². The van der Waals surface area contributed by atoms with Gasteiger partial charge in [-0.15, -0.1) is 0 Å². The lowest BCUT2D eigenvalue weighted by atomic mass is 10.1. The second-order valence-corrected chi connectivity index (χ2v) is 9.06. The molecule has 5 nitrogen and oxygen atoms in total. The van der Waals surface area contributed by atoms with Gasteiger partial charge in [0.25, 0.3) is 0 Å². The van der Waals surface area contributed by atoms with E-state index in [9.17, 15) is 0 Å². The van der Waals surface area contributed by atoms with Crippen LogP contribution in [0.15, 0.2) is 41.5 Å². The van der Waals surface area contributed by atoms with Crippen molar-refractivity contribution in [3.05, 3.63) is 47.8 Å². The van der Waals surface area contributed by atoms with Crippen molar-refractivity contribution in [2.45, 2.75) is 44.3 Å². The van der Waals surface area contributed by atoms with Crippen LogP contribution in [-0.4, -0.2) is 46.4 Å². The van der Waals surface area contributed by atoms with Gasteiger partial charge in [0.15, 0.2) is 5.96 Å². The molecule has 2 aromatic rings. The first-order valence-electron chi connectivity index (χ1n) is 9.79. The number of guanidine groups is 1. The molecule has 2 N–H and O–H groups in total. The molecule has 0 bridgehead atoms. The average Bonchev–Trinajstić information content (AvgIpc) is 3.28. The maximum absolute atomic E-state index is 4.65. The molecule has 1 fully saturated rings. The van der Waals surface area contributed by atoms with Crippen molar-refractivity contribution in [1.29, 1.82) is 0 Å². The summed E-state index contributed by atoms with van der Waals surface area (Å²) in [5, 5.41) is 11.6. The second kappa shape index (κ2) is 9.31. The van der Waals surface area contributed by atoms with Crippen molar-refractivity contribution in [3.63, 3.8) is 0 Å². The lowest BCUT2D eigenvalue weighted by molar-refractivity contribution is 0.583. The Morgan fingerprint density at radius 2 is 2.11 bits per heavy atom.